The van der Waals surface area contributed by atoms with Gasteiger partial charge >= 0.3 is 0 Å². The molecule has 1 heterocycles. The Morgan fingerprint density at radius 3 is 2.67 bits per heavy atom. The van der Waals surface area contributed by atoms with E-state index in [0.717, 1.165) is 15.7 Å². The predicted octanol–water partition coefficient (Wildman–Crippen LogP) is 4.66. The molecule has 8 heteroatoms. The van der Waals surface area contributed by atoms with Crippen molar-refractivity contribution in [3.8, 4) is 11.3 Å². The van der Waals surface area contributed by atoms with Crippen LogP contribution in [0.15, 0.2) is 63.3 Å². The Balaban J connectivity index is 1.55. The van der Waals surface area contributed by atoms with Crippen LogP contribution in [0.1, 0.15) is 10.4 Å². The number of nitrogens with zero attached hydrogens (tertiary/aromatic N) is 1. The molecule has 0 radical (unpaired) electrons. The highest BCUT2D eigenvalue weighted by Crippen LogP contribution is 2.26. The normalized spacial score (nSPS) is 10.4. The third-order valence-electron chi connectivity index (χ3n) is 3.63. The van der Waals surface area contributed by atoms with Gasteiger partial charge in [0.05, 0.1) is 12.2 Å². The topological polar surface area (TPSA) is 71.1 Å². The van der Waals surface area contributed by atoms with Gasteiger partial charge in [-0.15, -0.1) is 23.1 Å². The minimum Gasteiger partial charge on any atom is -0.343 e. The average molecular weight is 462 g/mol. The predicted molar refractivity (Wildman–Crippen MR) is 114 cm³/mol. The first-order valence-corrected chi connectivity index (χ1v) is 10.9. The van der Waals surface area contributed by atoms with Crippen LogP contribution < -0.4 is 10.6 Å². The molecule has 27 heavy (non-hydrogen) atoms. The molecule has 0 unspecified atom stereocenters. The van der Waals surface area contributed by atoms with Crippen molar-refractivity contribution in [2.45, 2.75) is 4.90 Å². The molecule has 5 nitrogen and oxygen atoms in total. The number of halogens is 1. The van der Waals surface area contributed by atoms with Gasteiger partial charge in [0.1, 0.15) is 0 Å². The summed E-state index contributed by atoms with van der Waals surface area (Å²) < 4.78 is 0.806. The molecule has 0 atom stereocenters. The molecule has 3 rings (SSSR count). The SMILES string of the molecule is CSc1ccc(-c2csc(NC(=O)CNC(=O)c3cccc(Br)c3)n2)cc1. The molecule has 0 saturated carbocycles. The lowest BCUT2D eigenvalue weighted by Gasteiger charge is -2.05. The fourth-order valence-corrected chi connectivity index (χ4v) is 3.82. The average Bonchev–Trinajstić information content (AvgIpc) is 3.14. The lowest BCUT2D eigenvalue weighted by atomic mass is 10.2. The fraction of sp³-hybridized carbons (Fsp3) is 0.105. The highest BCUT2D eigenvalue weighted by atomic mass is 79.9. The number of carbonyl (C=O) groups is 2. The first-order valence-electron chi connectivity index (χ1n) is 7.99. The van der Waals surface area contributed by atoms with Gasteiger partial charge in [0, 0.05) is 25.9 Å². The number of benzene rings is 2. The van der Waals surface area contributed by atoms with E-state index in [1.807, 2.05) is 42.0 Å². The number of aromatic nitrogens is 1. The number of thiazole rings is 1. The van der Waals surface area contributed by atoms with Crippen LogP contribution in [-0.2, 0) is 4.79 Å². The first kappa shape index (κ1) is 19.6. The van der Waals surface area contributed by atoms with E-state index in [-0.39, 0.29) is 18.4 Å². The summed E-state index contributed by atoms with van der Waals surface area (Å²) in [5, 5.41) is 7.71. The van der Waals surface area contributed by atoms with Crippen molar-refractivity contribution >= 4 is 56.0 Å². The standard InChI is InChI=1S/C19H16BrN3O2S2/c1-26-15-7-5-12(6-8-15)16-11-27-19(22-16)23-17(24)10-21-18(25)13-3-2-4-14(20)9-13/h2-9,11H,10H2,1H3,(H,21,25)(H,22,23,24). The molecule has 2 N–H and O–H groups in total. The third kappa shape index (κ3) is 5.41. The molecule has 0 aliphatic carbocycles. The maximum Gasteiger partial charge on any atom is 0.251 e. The van der Waals surface area contributed by atoms with Gasteiger partial charge in [0.15, 0.2) is 5.13 Å². The molecular weight excluding hydrogens is 446 g/mol. The Kier molecular flexibility index (Phi) is 6.65. The third-order valence-corrected chi connectivity index (χ3v) is 5.63. The summed E-state index contributed by atoms with van der Waals surface area (Å²) in [6.07, 6.45) is 2.03. The zero-order valence-corrected chi connectivity index (χ0v) is 17.6. The molecule has 2 aromatic carbocycles. The largest absolute Gasteiger partial charge is 0.343 e. The van der Waals surface area contributed by atoms with Crippen LogP contribution in [0.5, 0.6) is 0 Å². The van der Waals surface area contributed by atoms with Crippen LogP contribution in [0, 0.1) is 0 Å². The van der Waals surface area contributed by atoms with Crippen LogP contribution in [0.3, 0.4) is 0 Å². The number of hydrogen-bond donors (Lipinski definition) is 2. The number of rotatable bonds is 6. The number of carbonyl (C=O) groups excluding carboxylic acids is 2. The summed E-state index contributed by atoms with van der Waals surface area (Å²) in [6, 6.07) is 15.1. The second kappa shape index (κ2) is 9.16. The van der Waals surface area contributed by atoms with Crippen LogP contribution in [0.2, 0.25) is 0 Å². The van der Waals surface area contributed by atoms with Crippen molar-refractivity contribution in [1.82, 2.24) is 10.3 Å². The van der Waals surface area contributed by atoms with Gasteiger partial charge in [-0.25, -0.2) is 4.98 Å². The second-order valence-corrected chi connectivity index (χ2v) is 8.16. The molecule has 0 aliphatic rings. The molecule has 0 saturated heterocycles. The minimum atomic E-state index is -0.322. The Morgan fingerprint density at radius 1 is 1.19 bits per heavy atom. The van der Waals surface area contributed by atoms with Crippen LogP contribution in [-0.4, -0.2) is 29.6 Å². The zero-order chi connectivity index (χ0) is 19.2. The smallest absolute Gasteiger partial charge is 0.251 e. The molecule has 0 aliphatic heterocycles. The van der Waals surface area contributed by atoms with Crippen molar-refractivity contribution in [3.05, 3.63) is 63.9 Å². The summed E-state index contributed by atoms with van der Waals surface area (Å²) in [5.74, 6) is -0.628. The van der Waals surface area contributed by atoms with Crippen molar-refractivity contribution < 1.29 is 9.59 Å². The molecule has 2 amide bonds. The van der Waals surface area contributed by atoms with Gasteiger partial charge in [0.25, 0.3) is 5.91 Å². The van der Waals surface area contributed by atoms with E-state index in [9.17, 15) is 9.59 Å². The van der Waals surface area contributed by atoms with E-state index < -0.39 is 0 Å². The van der Waals surface area contributed by atoms with Gasteiger partial charge < -0.3 is 10.6 Å². The van der Waals surface area contributed by atoms with E-state index in [2.05, 4.69) is 31.5 Å². The Morgan fingerprint density at radius 2 is 1.96 bits per heavy atom. The van der Waals surface area contributed by atoms with Crippen molar-refractivity contribution in [1.29, 1.82) is 0 Å². The number of anilines is 1. The van der Waals surface area contributed by atoms with Crippen molar-refractivity contribution in [2.75, 3.05) is 18.1 Å². The van der Waals surface area contributed by atoms with E-state index >= 15 is 0 Å². The molecule has 138 valence electrons. The van der Waals surface area contributed by atoms with Gasteiger partial charge in [-0.1, -0.05) is 34.1 Å². The lowest BCUT2D eigenvalue weighted by Crippen LogP contribution is -2.32. The molecule has 0 spiro atoms. The molecular formula is C19H16BrN3O2S2. The lowest BCUT2D eigenvalue weighted by molar-refractivity contribution is -0.115. The summed E-state index contributed by atoms with van der Waals surface area (Å²) in [7, 11) is 0. The summed E-state index contributed by atoms with van der Waals surface area (Å²) in [6.45, 7) is -0.122. The highest BCUT2D eigenvalue weighted by molar-refractivity contribution is 9.10. The molecule has 1 aromatic heterocycles. The second-order valence-electron chi connectivity index (χ2n) is 5.51. The Bertz CT molecular complexity index is 958. The Labute approximate surface area is 173 Å². The van der Waals surface area contributed by atoms with Crippen LogP contribution >= 0.6 is 39.0 Å². The van der Waals surface area contributed by atoms with E-state index in [0.29, 0.717) is 10.7 Å². The number of amides is 2. The zero-order valence-electron chi connectivity index (χ0n) is 14.4. The molecule has 0 fully saturated rings. The summed E-state index contributed by atoms with van der Waals surface area (Å²) in [4.78, 5) is 29.8. The molecule has 3 aromatic rings. The van der Waals surface area contributed by atoms with E-state index in [1.54, 1.807) is 30.0 Å². The minimum absolute atomic E-state index is 0.122. The van der Waals surface area contributed by atoms with Crippen molar-refractivity contribution in [3.63, 3.8) is 0 Å². The number of nitrogens with one attached hydrogen (secondary N) is 2. The highest BCUT2D eigenvalue weighted by Gasteiger charge is 2.11. The quantitative estimate of drug-likeness (QED) is 0.523. The summed E-state index contributed by atoms with van der Waals surface area (Å²) in [5.41, 5.74) is 2.29. The van der Waals surface area contributed by atoms with Crippen LogP contribution in [0.25, 0.3) is 11.3 Å². The maximum absolute atomic E-state index is 12.1. The Hall–Kier alpha value is -2.16. The van der Waals surface area contributed by atoms with Crippen molar-refractivity contribution in [2.24, 2.45) is 0 Å². The maximum atomic E-state index is 12.1. The van der Waals surface area contributed by atoms with Gasteiger partial charge in [-0.3, -0.25) is 9.59 Å². The first-order chi connectivity index (χ1) is 13.0. The number of hydrogen-bond acceptors (Lipinski definition) is 5. The fourth-order valence-electron chi connectivity index (χ4n) is 2.28. The number of thioether (sulfide) groups is 1. The van der Waals surface area contributed by atoms with E-state index in [1.165, 1.54) is 16.2 Å². The van der Waals surface area contributed by atoms with Gasteiger partial charge in [-0.2, -0.15) is 0 Å². The van der Waals surface area contributed by atoms with Gasteiger partial charge in [-0.05, 0) is 36.6 Å². The van der Waals surface area contributed by atoms with E-state index in [4.69, 9.17) is 0 Å². The summed E-state index contributed by atoms with van der Waals surface area (Å²) >= 11 is 6.35. The van der Waals surface area contributed by atoms with Crippen LogP contribution in [0.4, 0.5) is 5.13 Å². The van der Waals surface area contributed by atoms with Gasteiger partial charge in [0.2, 0.25) is 5.91 Å². The molecule has 0 bridgehead atoms. The monoisotopic (exact) mass is 461 g/mol.